The Balaban J connectivity index is 1.13. The molecule has 0 saturated carbocycles. The van der Waals surface area contributed by atoms with Gasteiger partial charge >= 0.3 is 0 Å². The summed E-state index contributed by atoms with van der Waals surface area (Å²) >= 11 is 1.85. The Morgan fingerprint density at radius 3 is 1.67 bits per heavy atom. The lowest BCUT2D eigenvalue weighted by Gasteiger charge is -2.31. The molecule has 3 nitrogen and oxygen atoms in total. The molecule has 0 N–H and O–H groups in total. The van der Waals surface area contributed by atoms with E-state index in [0.29, 0.717) is 0 Å². The number of para-hydroxylation sites is 4. The van der Waals surface area contributed by atoms with E-state index in [-0.39, 0.29) is 0 Å². The molecule has 66 heavy (non-hydrogen) atoms. The fourth-order valence-corrected chi connectivity index (χ4v) is 11.4. The second kappa shape index (κ2) is 15.7. The number of benzene rings is 11. The third kappa shape index (κ3) is 6.26. The zero-order valence-electron chi connectivity index (χ0n) is 35.9. The molecule has 2 heterocycles. The predicted molar refractivity (Wildman–Crippen MR) is 283 cm³/mol. The van der Waals surface area contributed by atoms with E-state index < -0.39 is 0 Å². The average Bonchev–Trinajstić information content (AvgIpc) is 3.93. The normalized spacial score (nSPS) is 11.6. The smallest absolute Gasteiger partial charge is 0.0561 e. The van der Waals surface area contributed by atoms with Gasteiger partial charge in [-0.15, -0.1) is 11.3 Å². The lowest BCUT2D eigenvalue weighted by atomic mass is 9.92. The van der Waals surface area contributed by atoms with Crippen molar-refractivity contribution in [2.24, 2.45) is 0 Å². The molecule has 0 aliphatic heterocycles. The summed E-state index contributed by atoms with van der Waals surface area (Å²) in [6.45, 7) is 0. The van der Waals surface area contributed by atoms with Gasteiger partial charge in [0.25, 0.3) is 0 Å². The van der Waals surface area contributed by atoms with Gasteiger partial charge in [-0.3, -0.25) is 0 Å². The molecule has 310 valence electrons. The third-order valence-electron chi connectivity index (χ3n) is 13.1. The standard InChI is InChI=1S/C62H41N3S/c1-4-20-44(21-5-1)63(47-35-36-54-53-29-14-16-31-57(53)65(59(54)41-47)46-24-8-3-9-25-46)48-37-43(56-39-42-19-10-11-26-50(42)51-27-12-13-28-52(51)56)38-49(40-48)64(45-22-6-2-7-23-45)58-32-18-34-61-62(58)55-30-15-17-33-60(55)66-61/h1-41H. The van der Waals surface area contributed by atoms with Gasteiger partial charge in [0.15, 0.2) is 0 Å². The molecule has 0 aliphatic carbocycles. The maximum absolute atomic E-state index is 2.47. The first-order valence-corrected chi connectivity index (χ1v) is 23.3. The molecule has 0 bridgehead atoms. The zero-order chi connectivity index (χ0) is 43.6. The molecule has 0 radical (unpaired) electrons. The number of rotatable bonds is 8. The van der Waals surface area contributed by atoms with Gasteiger partial charge in [-0.25, -0.2) is 0 Å². The molecule has 0 fully saturated rings. The van der Waals surface area contributed by atoms with E-state index in [9.17, 15) is 0 Å². The Bertz CT molecular complexity index is 3950. The van der Waals surface area contributed by atoms with Crippen molar-refractivity contribution in [2.75, 3.05) is 9.80 Å². The van der Waals surface area contributed by atoms with Crippen LogP contribution in [0.25, 0.3) is 80.3 Å². The fourth-order valence-electron chi connectivity index (χ4n) is 10.2. The van der Waals surface area contributed by atoms with Crippen molar-refractivity contribution in [2.45, 2.75) is 0 Å². The van der Waals surface area contributed by atoms with Gasteiger partial charge in [0.1, 0.15) is 0 Å². The van der Waals surface area contributed by atoms with Gasteiger partial charge in [-0.05, 0) is 130 Å². The van der Waals surface area contributed by atoms with Gasteiger partial charge in [0.2, 0.25) is 0 Å². The van der Waals surface area contributed by atoms with Crippen LogP contribution in [-0.4, -0.2) is 4.57 Å². The maximum atomic E-state index is 2.47. The first-order chi connectivity index (χ1) is 32.7. The SMILES string of the molecule is c1ccc(N(c2cc(-c3cc4ccccc4c4ccccc34)cc(N(c3ccccc3)c3cccc4sc5ccccc5c34)c2)c2ccc3c4ccccc4n(-c4ccccc4)c3c2)cc1. The second-order valence-corrected chi connectivity index (χ2v) is 18.0. The zero-order valence-corrected chi connectivity index (χ0v) is 36.7. The van der Waals surface area contributed by atoms with Crippen LogP contribution in [0.1, 0.15) is 0 Å². The minimum atomic E-state index is 1.05. The number of aromatic nitrogens is 1. The highest BCUT2D eigenvalue weighted by Gasteiger charge is 2.24. The van der Waals surface area contributed by atoms with E-state index in [1.54, 1.807) is 0 Å². The van der Waals surface area contributed by atoms with Crippen molar-refractivity contribution >= 4 is 109 Å². The van der Waals surface area contributed by atoms with Crippen LogP contribution in [0.5, 0.6) is 0 Å². The summed E-state index contributed by atoms with van der Waals surface area (Å²) < 4.78 is 4.95. The summed E-state index contributed by atoms with van der Waals surface area (Å²) in [5.41, 5.74) is 12.3. The highest BCUT2D eigenvalue weighted by atomic mass is 32.1. The van der Waals surface area contributed by atoms with Crippen molar-refractivity contribution in [3.63, 3.8) is 0 Å². The van der Waals surface area contributed by atoms with E-state index in [0.717, 1.165) is 50.9 Å². The van der Waals surface area contributed by atoms with Crippen LogP contribution in [0.2, 0.25) is 0 Å². The van der Waals surface area contributed by atoms with Crippen LogP contribution in [0.15, 0.2) is 249 Å². The van der Waals surface area contributed by atoms with Gasteiger partial charge in [-0.2, -0.15) is 0 Å². The number of fused-ring (bicyclic) bond motifs is 9. The van der Waals surface area contributed by atoms with E-state index in [2.05, 4.69) is 263 Å². The Labute approximate surface area is 386 Å². The monoisotopic (exact) mass is 859 g/mol. The first-order valence-electron chi connectivity index (χ1n) is 22.5. The van der Waals surface area contributed by atoms with Crippen LogP contribution in [0.3, 0.4) is 0 Å². The van der Waals surface area contributed by atoms with Crippen molar-refractivity contribution in [1.29, 1.82) is 0 Å². The minimum Gasteiger partial charge on any atom is -0.310 e. The molecule has 4 heteroatoms. The molecule has 0 atom stereocenters. The molecule has 13 aromatic rings. The molecule has 0 aliphatic rings. The van der Waals surface area contributed by atoms with Gasteiger partial charge in [-0.1, -0.05) is 152 Å². The molecule has 0 spiro atoms. The Kier molecular flexibility index (Phi) is 9.03. The number of hydrogen-bond acceptors (Lipinski definition) is 3. The van der Waals surface area contributed by atoms with Crippen LogP contribution in [-0.2, 0) is 0 Å². The largest absolute Gasteiger partial charge is 0.310 e. The predicted octanol–water partition coefficient (Wildman–Crippen LogP) is 18.1. The lowest BCUT2D eigenvalue weighted by Crippen LogP contribution is -2.14. The summed E-state index contributed by atoms with van der Waals surface area (Å²) in [7, 11) is 0. The highest BCUT2D eigenvalue weighted by molar-refractivity contribution is 7.26. The molecule has 2 aromatic heterocycles. The summed E-state index contributed by atoms with van der Waals surface area (Å²) in [6.07, 6.45) is 0. The van der Waals surface area contributed by atoms with E-state index in [1.807, 2.05) is 11.3 Å². The molecule has 0 amide bonds. The lowest BCUT2D eigenvalue weighted by molar-refractivity contribution is 1.18. The minimum absolute atomic E-state index is 1.05. The van der Waals surface area contributed by atoms with Gasteiger partial charge < -0.3 is 14.4 Å². The number of thiophene rings is 1. The van der Waals surface area contributed by atoms with Crippen molar-refractivity contribution in [1.82, 2.24) is 4.57 Å². The topological polar surface area (TPSA) is 11.4 Å². The van der Waals surface area contributed by atoms with Gasteiger partial charge in [0.05, 0.1) is 16.7 Å². The van der Waals surface area contributed by atoms with E-state index in [1.165, 1.54) is 63.6 Å². The van der Waals surface area contributed by atoms with Crippen LogP contribution < -0.4 is 9.80 Å². The number of nitrogens with zero attached hydrogens (tertiary/aromatic N) is 3. The molecular weight excluding hydrogens is 819 g/mol. The summed E-state index contributed by atoms with van der Waals surface area (Å²) in [4.78, 5) is 4.91. The molecule has 11 aromatic carbocycles. The summed E-state index contributed by atoms with van der Waals surface area (Å²) in [5.74, 6) is 0. The maximum Gasteiger partial charge on any atom is 0.0561 e. The Morgan fingerprint density at radius 1 is 0.318 bits per heavy atom. The number of anilines is 6. The van der Waals surface area contributed by atoms with E-state index in [4.69, 9.17) is 0 Å². The van der Waals surface area contributed by atoms with Crippen molar-refractivity contribution < 1.29 is 0 Å². The molecular formula is C62H41N3S. The highest BCUT2D eigenvalue weighted by Crippen LogP contribution is 2.49. The molecule has 0 unspecified atom stereocenters. The number of hydrogen-bond donors (Lipinski definition) is 0. The van der Waals surface area contributed by atoms with Crippen LogP contribution in [0, 0.1) is 0 Å². The summed E-state index contributed by atoms with van der Waals surface area (Å²) in [6, 6.07) is 91.0. The fraction of sp³-hybridized carbons (Fsp3) is 0. The molecule has 0 saturated heterocycles. The first kappa shape index (κ1) is 38.1. The molecule has 13 rings (SSSR count). The third-order valence-corrected chi connectivity index (χ3v) is 14.2. The Hall–Kier alpha value is -8.44. The van der Waals surface area contributed by atoms with Crippen molar-refractivity contribution in [3.8, 4) is 16.8 Å². The van der Waals surface area contributed by atoms with Crippen molar-refractivity contribution in [3.05, 3.63) is 249 Å². The van der Waals surface area contributed by atoms with E-state index >= 15 is 0 Å². The summed E-state index contributed by atoms with van der Waals surface area (Å²) in [5, 5.41) is 9.89. The van der Waals surface area contributed by atoms with Crippen LogP contribution in [0.4, 0.5) is 34.1 Å². The quantitative estimate of drug-likeness (QED) is 0.141. The average molecular weight is 860 g/mol. The second-order valence-electron chi connectivity index (χ2n) is 16.9. The Morgan fingerprint density at radius 2 is 0.894 bits per heavy atom. The van der Waals surface area contributed by atoms with Crippen LogP contribution >= 0.6 is 11.3 Å². The van der Waals surface area contributed by atoms with Gasteiger partial charge in [0, 0.05) is 65.1 Å².